The Kier molecular flexibility index (Phi) is 3.64. The zero-order valence-corrected chi connectivity index (χ0v) is 10.8. The molecule has 0 aromatic heterocycles. The first kappa shape index (κ1) is 11.9. The highest BCUT2D eigenvalue weighted by Gasteiger charge is 2.18. The molecule has 90 valence electrons. The molecule has 1 atom stereocenters. The fourth-order valence-electron chi connectivity index (χ4n) is 2.16. The van der Waals surface area contributed by atoms with Gasteiger partial charge in [-0.1, -0.05) is 36.4 Å². The van der Waals surface area contributed by atoms with Gasteiger partial charge in [-0.3, -0.25) is 4.90 Å². The fourth-order valence-corrected chi connectivity index (χ4v) is 2.16. The summed E-state index contributed by atoms with van der Waals surface area (Å²) in [6.45, 7) is 3.11. The zero-order chi connectivity index (χ0) is 12.3. The van der Waals surface area contributed by atoms with Gasteiger partial charge in [0.25, 0.3) is 0 Å². The lowest BCUT2D eigenvalue weighted by molar-refractivity contribution is 0.141. The number of allylic oxidation sites excluding steroid dienone is 3. The molecule has 2 rings (SSSR count). The second-order valence-corrected chi connectivity index (χ2v) is 4.62. The minimum Gasteiger partial charge on any atom is -0.359 e. The van der Waals surface area contributed by atoms with E-state index >= 15 is 0 Å². The molecule has 1 aromatic rings. The van der Waals surface area contributed by atoms with Crippen LogP contribution in [-0.2, 0) is 6.54 Å². The van der Waals surface area contributed by atoms with Crippen molar-refractivity contribution in [1.29, 1.82) is 0 Å². The van der Waals surface area contributed by atoms with E-state index in [9.17, 15) is 0 Å². The van der Waals surface area contributed by atoms with Gasteiger partial charge in [0.15, 0.2) is 0 Å². The molecule has 0 saturated carbocycles. The normalized spacial score (nSPS) is 19.6. The van der Waals surface area contributed by atoms with Gasteiger partial charge < -0.3 is 4.90 Å². The predicted octanol–water partition coefficient (Wildman–Crippen LogP) is 2.85. The van der Waals surface area contributed by atoms with Gasteiger partial charge in [0.05, 0.1) is 0 Å². The average molecular weight is 228 g/mol. The summed E-state index contributed by atoms with van der Waals surface area (Å²) in [7, 11) is 4.30. The van der Waals surface area contributed by atoms with Crippen molar-refractivity contribution in [1.82, 2.24) is 9.80 Å². The minimum atomic E-state index is 0.347. The van der Waals surface area contributed by atoms with Crippen molar-refractivity contribution >= 4 is 0 Å². The van der Waals surface area contributed by atoms with Crippen LogP contribution in [0.15, 0.2) is 54.3 Å². The number of hydrogen-bond donors (Lipinski definition) is 0. The van der Waals surface area contributed by atoms with Crippen molar-refractivity contribution in [2.24, 2.45) is 0 Å². The maximum absolute atomic E-state index is 2.35. The summed E-state index contributed by atoms with van der Waals surface area (Å²) >= 11 is 0. The second kappa shape index (κ2) is 5.19. The van der Waals surface area contributed by atoms with Crippen LogP contribution in [0.25, 0.3) is 0 Å². The summed E-state index contributed by atoms with van der Waals surface area (Å²) in [5.74, 6) is 0. The molecule has 1 aliphatic heterocycles. The number of likely N-dealkylation sites (N-methyl/N-ethyl adjacent to an activating group) is 2. The van der Waals surface area contributed by atoms with E-state index in [1.165, 1.54) is 11.3 Å². The quantitative estimate of drug-likeness (QED) is 0.785. The molecular formula is C15H20N2. The van der Waals surface area contributed by atoms with Crippen molar-refractivity contribution in [2.45, 2.75) is 19.6 Å². The van der Waals surface area contributed by atoms with E-state index < -0.39 is 0 Å². The molecule has 1 heterocycles. The molecule has 0 amide bonds. The van der Waals surface area contributed by atoms with Crippen LogP contribution in [0.5, 0.6) is 0 Å². The predicted molar refractivity (Wildman–Crippen MR) is 72.4 cm³/mol. The van der Waals surface area contributed by atoms with Crippen LogP contribution in [0.1, 0.15) is 12.5 Å². The van der Waals surface area contributed by atoms with Gasteiger partial charge in [-0.05, 0) is 31.7 Å². The minimum absolute atomic E-state index is 0.347. The first-order valence-electron chi connectivity index (χ1n) is 6.00. The van der Waals surface area contributed by atoms with Crippen molar-refractivity contribution in [2.75, 3.05) is 14.1 Å². The summed E-state index contributed by atoms with van der Waals surface area (Å²) in [6.07, 6.45) is 6.87. The molecule has 0 bridgehead atoms. The summed E-state index contributed by atoms with van der Waals surface area (Å²) < 4.78 is 0. The van der Waals surface area contributed by atoms with Gasteiger partial charge in [0.2, 0.25) is 0 Å². The van der Waals surface area contributed by atoms with Crippen molar-refractivity contribution in [3.8, 4) is 0 Å². The summed E-state index contributed by atoms with van der Waals surface area (Å²) in [6, 6.07) is 10.6. The van der Waals surface area contributed by atoms with E-state index in [1.807, 2.05) is 0 Å². The molecule has 0 spiro atoms. The molecule has 1 aromatic carbocycles. The van der Waals surface area contributed by atoms with Gasteiger partial charge in [-0.15, -0.1) is 0 Å². The van der Waals surface area contributed by atoms with E-state index in [0.717, 1.165) is 6.54 Å². The third-order valence-corrected chi connectivity index (χ3v) is 3.30. The van der Waals surface area contributed by atoms with Crippen LogP contribution in [-0.4, -0.2) is 30.1 Å². The molecule has 0 radical (unpaired) electrons. The molecule has 0 saturated heterocycles. The lowest BCUT2D eigenvalue weighted by Crippen LogP contribution is -2.43. The van der Waals surface area contributed by atoms with Gasteiger partial charge in [0.1, 0.15) is 6.17 Å². The summed E-state index contributed by atoms with van der Waals surface area (Å²) in [4.78, 5) is 4.64. The van der Waals surface area contributed by atoms with E-state index in [0.29, 0.717) is 6.17 Å². The Morgan fingerprint density at radius 3 is 2.65 bits per heavy atom. The van der Waals surface area contributed by atoms with Gasteiger partial charge in [-0.25, -0.2) is 0 Å². The summed E-state index contributed by atoms with van der Waals surface area (Å²) in [5, 5.41) is 0. The molecule has 0 fully saturated rings. The van der Waals surface area contributed by atoms with E-state index in [2.05, 4.69) is 79.4 Å². The zero-order valence-electron chi connectivity index (χ0n) is 10.8. The molecule has 0 aliphatic carbocycles. The number of nitrogens with zero attached hydrogens (tertiary/aromatic N) is 2. The van der Waals surface area contributed by atoms with Crippen molar-refractivity contribution in [3.63, 3.8) is 0 Å². The maximum atomic E-state index is 2.35. The lowest BCUT2D eigenvalue weighted by Gasteiger charge is -2.37. The average Bonchev–Trinajstić information content (AvgIpc) is 2.34. The maximum Gasteiger partial charge on any atom is 0.101 e. The topological polar surface area (TPSA) is 6.48 Å². The molecule has 0 N–H and O–H groups in total. The van der Waals surface area contributed by atoms with Crippen LogP contribution >= 0.6 is 0 Å². The molecule has 1 aliphatic rings. The van der Waals surface area contributed by atoms with Crippen LogP contribution in [0.3, 0.4) is 0 Å². The van der Waals surface area contributed by atoms with Crippen LogP contribution in [0, 0.1) is 0 Å². The molecule has 1 unspecified atom stereocenters. The van der Waals surface area contributed by atoms with E-state index in [1.54, 1.807) is 0 Å². The Labute approximate surface area is 104 Å². The standard InChI is InChI=1S/C15H20N2/c1-13-8-7-11-15(17(13)3)16(2)12-14-9-5-4-6-10-14/h4-11,15H,12H2,1-3H3. The Morgan fingerprint density at radius 2 is 1.94 bits per heavy atom. The van der Waals surface area contributed by atoms with Crippen LogP contribution < -0.4 is 0 Å². The van der Waals surface area contributed by atoms with E-state index in [-0.39, 0.29) is 0 Å². The Morgan fingerprint density at radius 1 is 1.24 bits per heavy atom. The molecular weight excluding hydrogens is 208 g/mol. The van der Waals surface area contributed by atoms with Crippen molar-refractivity contribution < 1.29 is 0 Å². The van der Waals surface area contributed by atoms with Gasteiger partial charge in [0, 0.05) is 19.3 Å². The Bertz CT molecular complexity index is 420. The fraction of sp³-hybridized carbons (Fsp3) is 0.333. The van der Waals surface area contributed by atoms with Crippen LogP contribution in [0.4, 0.5) is 0 Å². The SMILES string of the molecule is CC1=CC=CC(N(C)Cc2ccccc2)N1C. The highest BCUT2D eigenvalue weighted by molar-refractivity contribution is 5.19. The number of hydrogen-bond acceptors (Lipinski definition) is 2. The highest BCUT2D eigenvalue weighted by atomic mass is 15.3. The second-order valence-electron chi connectivity index (χ2n) is 4.62. The number of rotatable bonds is 3. The Hall–Kier alpha value is -1.54. The third kappa shape index (κ3) is 2.77. The molecule has 2 heteroatoms. The van der Waals surface area contributed by atoms with Gasteiger partial charge in [-0.2, -0.15) is 0 Å². The van der Waals surface area contributed by atoms with Crippen molar-refractivity contribution in [3.05, 3.63) is 59.8 Å². The van der Waals surface area contributed by atoms with Gasteiger partial charge >= 0.3 is 0 Å². The molecule has 2 nitrogen and oxygen atoms in total. The first-order chi connectivity index (χ1) is 8.18. The lowest BCUT2D eigenvalue weighted by atomic mass is 10.2. The third-order valence-electron chi connectivity index (χ3n) is 3.30. The number of benzene rings is 1. The van der Waals surface area contributed by atoms with E-state index in [4.69, 9.17) is 0 Å². The smallest absolute Gasteiger partial charge is 0.101 e. The monoisotopic (exact) mass is 228 g/mol. The highest BCUT2D eigenvalue weighted by Crippen LogP contribution is 2.17. The first-order valence-corrected chi connectivity index (χ1v) is 6.00. The Balaban J connectivity index is 2.04. The largest absolute Gasteiger partial charge is 0.359 e. The van der Waals surface area contributed by atoms with Crippen LogP contribution in [0.2, 0.25) is 0 Å². The molecule has 17 heavy (non-hydrogen) atoms. The summed E-state index contributed by atoms with van der Waals surface area (Å²) in [5.41, 5.74) is 2.65.